The standard InChI is InChI=1S/C15H11ClN4O3S/c16-7-8-1-3-9(4-2-8)13(22)19-14-10(12(17)21)11(20-23-14)15-18-5-6-24-15/h1-6H,7H2,(H2,17,21)(H,19,22). The van der Waals surface area contributed by atoms with Crippen molar-refractivity contribution in [3.05, 3.63) is 52.5 Å². The molecule has 1 aromatic carbocycles. The predicted molar refractivity (Wildman–Crippen MR) is 90.1 cm³/mol. The van der Waals surface area contributed by atoms with Gasteiger partial charge in [0.05, 0.1) is 0 Å². The first-order chi connectivity index (χ1) is 11.6. The summed E-state index contributed by atoms with van der Waals surface area (Å²) >= 11 is 6.99. The van der Waals surface area contributed by atoms with Crippen molar-refractivity contribution < 1.29 is 14.1 Å². The topological polar surface area (TPSA) is 111 Å². The fourth-order valence-electron chi connectivity index (χ4n) is 2.01. The number of thiazole rings is 1. The van der Waals surface area contributed by atoms with Crippen molar-refractivity contribution in [2.75, 3.05) is 5.32 Å². The third-order valence-corrected chi connectivity index (χ3v) is 4.26. The molecule has 0 aliphatic heterocycles. The first-order valence-corrected chi connectivity index (χ1v) is 8.17. The van der Waals surface area contributed by atoms with Gasteiger partial charge in [0, 0.05) is 23.0 Å². The number of carbonyl (C=O) groups is 2. The van der Waals surface area contributed by atoms with Crippen LogP contribution in [-0.4, -0.2) is 22.0 Å². The summed E-state index contributed by atoms with van der Waals surface area (Å²) in [6, 6.07) is 6.71. The normalized spacial score (nSPS) is 10.5. The van der Waals surface area contributed by atoms with Crippen molar-refractivity contribution in [3.8, 4) is 10.7 Å². The zero-order valence-corrected chi connectivity index (χ0v) is 13.7. The molecule has 0 atom stereocenters. The van der Waals surface area contributed by atoms with Gasteiger partial charge in [-0.15, -0.1) is 22.9 Å². The average molecular weight is 363 g/mol. The van der Waals surface area contributed by atoms with E-state index in [1.807, 2.05) is 0 Å². The fraction of sp³-hybridized carbons (Fsp3) is 0.0667. The van der Waals surface area contributed by atoms with Crippen molar-refractivity contribution in [1.29, 1.82) is 0 Å². The van der Waals surface area contributed by atoms with Gasteiger partial charge < -0.3 is 10.3 Å². The number of anilines is 1. The molecule has 2 aromatic heterocycles. The third kappa shape index (κ3) is 3.15. The van der Waals surface area contributed by atoms with Gasteiger partial charge in [0.2, 0.25) is 5.88 Å². The predicted octanol–water partition coefficient (Wildman–Crippen LogP) is 2.89. The van der Waals surface area contributed by atoms with E-state index in [2.05, 4.69) is 15.5 Å². The Morgan fingerprint density at radius 2 is 2.04 bits per heavy atom. The van der Waals surface area contributed by atoms with Gasteiger partial charge in [0.25, 0.3) is 11.8 Å². The van der Waals surface area contributed by atoms with Crippen LogP contribution in [0.4, 0.5) is 5.88 Å². The van der Waals surface area contributed by atoms with Crippen molar-refractivity contribution in [2.45, 2.75) is 5.88 Å². The number of aromatic nitrogens is 2. The second kappa shape index (κ2) is 6.81. The number of rotatable bonds is 5. The summed E-state index contributed by atoms with van der Waals surface area (Å²) in [7, 11) is 0. The molecule has 3 N–H and O–H groups in total. The quantitative estimate of drug-likeness (QED) is 0.678. The Balaban J connectivity index is 1.89. The van der Waals surface area contributed by atoms with Crippen LogP contribution in [-0.2, 0) is 5.88 Å². The van der Waals surface area contributed by atoms with Gasteiger partial charge in [-0.25, -0.2) is 4.98 Å². The Bertz CT molecular complexity index is 875. The van der Waals surface area contributed by atoms with E-state index in [0.29, 0.717) is 16.5 Å². The number of halogens is 1. The van der Waals surface area contributed by atoms with Crippen LogP contribution in [0, 0.1) is 0 Å². The molecule has 7 nitrogen and oxygen atoms in total. The second-order valence-corrected chi connectivity index (χ2v) is 5.88. The van der Waals surface area contributed by atoms with Gasteiger partial charge in [0.15, 0.2) is 5.69 Å². The molecule has 3 rings (SSSR count). The average Bonchev–Trinajstić information content (AvgIpc) is 3.23. The molecule has 0 saturated carbocycles. The molecular weight excluding hydrogens is 352 g/mol. The van der Waals surface area contributed by atoms with Crippen molar-refractivity contribution in [1.82, 2.24) is 10.1 Å². The van der Waals surface area contributed by atoms with Gasteiger partial charge >= 0.3 is 0 Å². The van der Waals surface area contributed by atoms with Gasteiger partial charge in [-0.2, -0.15) is 0 Å². The zero-order valence-electron chi connectivity index (χ0n) is 12.2. The van der Waals surface area contributed by atoms with Crippen molar-refractivity contribution in [2.24, 2.45) is 5.73 Å². The smallest absolute Gasteiger partial charge is 0.258 e. The molecule has 3 aromatic rings. The molecule has 0 aliphatic carbocycles. The SMILES string of the molecule is NC(=O)c1c(-c2nccs2)noc1NC(=O)c1ccc(CCl)cc1. The highest BCUT2D eigenvalue weighted by molar-refractivity contribution is 7.13. The first-order valence-electron chi connectivity index (χ1n) is 6.75. The van der Waals surface area contributed by atoms with E-state index < -0.39 is 11.8 Å². The Morgan fingerprint density at radius 3 is 2.62 bits per heavy atom. The summed E-state index contributed by atoms with van der Waals surface area (Å²) in [5, 5.41) is 8.50. The Labute approximate surface area is 145 Å². The van der Waals surface area contributed by atoms with Crippen LogP contribution in [0.15, 0.2) is 40.4 Å². The number of hydrogen-bond acceptors (Lipinski definition) is 6. The monoisotopic (exact) mass is 362 g/mol. The summed E-state index contributed by atoms with van der Waals surface area (Å²) in [5.41, 5.74) is 6.84. The molecule has 0 radical (unpaired) electrons. The molecule has 122 valence electrons. The maximum Gasteiger partial charge on any atom is 0.258 e. The molecule has 0 aliphatic rings. The van der Waals surface area contributed by atoms with E-state index >= 15 is 0 Å². The Kier molecular flexibility index (Phi) is 4.59. The van der Waals surface area contributed by atoms with Gasteiger partial charge in [-0.1, -0.05) is 17.3 Å². The number of nitrogens with zero attached hydrogens (tertiary/aromatic N) is 2. The molecule has 24 heavy (non-hydrogen) atoms. The number of hydrogen-bond donors (Lipinski definition) is 2. The largest absolute Gasteiger partial charge is 0.365 e. The highest BCUT2D eigenvalue weighted by atomic mass is 35.5. The minimum Gasteiger partial charge on any atom is -0.365 e. The fourth-order valence-corrected chi connectivity index (χ4v) is 2.81. The maximum atomic E-state index is 12.3. The lowest BCUT2D eigenvalue weighted by Gasteiger charge is -2.04. The van der Waals surface area contributed by atoms with E-state index in [1.54, 1.807) is 35.8 Å². The van der Waals surface area contributed by atoms with E-state index in [4.69, 9.17) is 21.9 Å². The van der Waals surface area contributed by atoms with Crippen LogP contribution in [0.1, 0.15) is 26.3 Å². The Hall–Kier alpha value is -2.71. The molecule has 0 bridgehead atoms. The molecule has 0 spiro atoms. The first kappa shape index (κ1) is 16.2. The molecule has 0 unspecified atom stereocenters. The zero-order chi connectivity index (χ0) is 17.1. The van der Waals surface area contributed by atoms with Crippen LogP contribution in [0.25, 0.3) is 10.7 Å². The van der Waals surface area contributed by atoms with E-state index in [1.165, 1.54) is 11.3 Å². The maximum absolute atomic E-state index is 12.3. The number of primary amides is 1. The lowest BCUT2D eigenvalue weighted by molar-refractivity contribution is 0.100. The second-order valence-electron chi connectivity index (χ2n) is 4.72. The molecule has 2 amide bonds. The van der Waals surface area contributed by atoms with E-state index in [9.17, 15) is 9.59 Å². The molecule has 2 heterocycles. The summed E-state index contributed by atoms with van der Waals surface area (Å²) in [5.74, 6) is -0.985. The Morgan fingerprint density at radius 1 is 1.29 bits per heavy atom. The highest BCUT2D eigenvalue weighted by Crippen LogP contribution is 2.30. The number of benzene rings is 1. The van der Waals surface area contributed by atoms with Gasteiger partial charge in [0.1, 0.15) is 10.6 Å². The molecule has 0 saturated heterocycles. The van der Waals surface area contributed by atoms with Crippen molar-refractivity contribution in [3.63, 3.8) is 0 Å². The van der Waals surface area contributed by atoms with Crippen LogP contribution in [0.2, 0.25) is 0 Å². The molecular formula is C15H11ClN4O3S. The highest BCUT2D eigenvalue weighted by Gasteiger charge is 2.25. The minimum atomic E-state index is -0.769. The minimum absolute atomic E-state index is 0.0179. The van der Waals surface area contributed by atoms with E-state index in [0.717, 1.165) is 5.56 Å². The number of nitrogens with one attached hydrogen (secondary N) is 1. The summed E-state index contributed by atoms with van der Waals surface area (Å²) < 4.78 is 5.08. The lowest BCUT2D eigenvalue weighted by Crippen LogP contribution is -2.17. The van der Waals surface area contributed by atoms with Gasteiger partial charge in [-0.05, 0) is 17.7 Å². The van der Waals surface area contributed by atoms with Gasteiger partial charge in [-0.3, -0.25) is 14.9 Å². The lowest BCUT2D eigenvalue weighted by atomic mass is 10.1. The molecule has 9 heteroatoms. The van der Waals surface area contributed by atoms with Crippen molar-refractivity contribution >= 4 is 40.6 Å². The number of nitrogens with two attached hydrogens (primary N) is 1. The number of amides is 2. The number of alkyl halides is 1. The third-order valence-electron chi connectivity index (χ3n) is 3.17. The van der Waals surface area contributed by atoms with E-state index in [-0.39, 0.29) is 17.1 Å². The van der Waals surface area contributed by atoms with Crippen LogP contribution in [0.5, 0.6) is 0 Å². The van der Waals surface area contributed by atoms with Crippen LogP contribution >= 0.6 is 22.9 Å². The van der Waals surface area contributed by atoms with Crippen LogP contribution in [0.3, 0.4) is 0 Å². The summed E-state index contributed by atoms with van der Waals surface area (Å²) in [4.78, 5) is 28.1. The molecule has 0 fully saturated rings. The number of carbonyl (C=O) groups excluding carboxylic acids is 2. The summed E-state index contributed by atoms with van der Waals surface area (Å²) in [6.45, 7) is 0. The summed E-state index contributed by atoms with van der Waals surface area (Å²) in [6.07, 6.45) is 1.57. The van der Waals surface area contributed by atoms with Crippen LogP contribution < -0.4 is 11.1 Å².